The molecular weight excluding hydrogens is 418 g/mol. The third-order valence-corrected chi connectivity index (χ3v) is 6.41. The van der Waals surface area contributed by atoms with Crippen LogP contribution in [-0.2, 0) is 14.3 Å². The smallest absolute Gasteiger partial charge is 0.311 e. The van der Waals surface area contributed by atoms with Crippen LogP contribution in [0.5, 0.6) is 0 Å². The number of ether oxygens (including phenoxy) is 2. The standard InChI is InChI=1S/C22H28ClN5O3/c1-3-15-6-4-5-7-18(15)22(29)31-13-30-12-24-17-10-8-16(9-11-17)20-25-21-19(23)14(2)26-28(21)27-20/h8-11,15,18,24H,3-7,12-13H2,1-2H3,(H,25,27)/t15-,18+/m0/s1. The van der Waals surface area contributed by atoms with Gasteiger partial charge in [-0.25, -0.2) is 0 Å². The Labute approximate surface area is 186 Å². The molecule has 1 fully saturated rings. The fourth-order valence-corrected chi connectivity index (χ4v) is 4.33. The number of H-pyrrole nitrogens is 1. The van der Waals surface area contributed by atoms with Crippen molar-refractivity contribution in [1.82, 2.24) is 19.8 Å². The van der Waals surface area contributed by atoms with E-state index in [-0.39, 0.29) is 25.4 Å². The highest BCUT2D eigenvalue weighted by molar-refractivity contribution is 6.34. The highest BCUT2D eigenvalue weighted by Crippen LogP contribution is 2.33. The maximum atomic E-state index is 12.3. The largest absolute Gasteiger partial charge is 0.438 e. The second-order valence-corrected chi connectivity index (χ2v) is 8.33. The van der Waals surface area contributed by atoms with Gasteiger partial charge in [0, 0.05) is 11.3 Å². The van der Waals surface area contributed by atoms with E-state index >= 15 is 0 Å². The number of hydrogen-bond donors (Lipinski definition) is 2. The summed E-state index contributed by atoms with van der Waals surface area (Å²) in [6, 6.07) is 7.73. The first kappa shape index (κ1) is 21.6. The first-order valence-electron chi connectivity index (χ1n) is 10.8. The zero-order chi connectivity index (χ0) is 21.8. The van der Waals surface area contributed by atoms with Gasteiger partial charge >= 0.3 is 5.97 Å². The molecule has 0 radical (unpaired) electrons. The molecule has 0 spiro atoms. The molecule has 0 amide bonds. The molecule has 8 nitrogen and oxygen atoms in total. The molecule has 166 valence electrons. The van der Waals surface area contributed by atoms with Crippen molar-refractivity contribution in [2.24, 2.45) is 11.8 Å². The van der Waals surface area contributed by atoms with E-state index in [9.17, 15) is 4.79 Å². The van der Waals surface area contributed by atoms with Gasteiger partial charge in [0.15, 0.2) is 18.3 Å². The molecule has 1 aliphatic carbocycles. The zero-order valence-electron chi connectivity index (χ0n) is 17.9. The molecule has 4 rings (SSSR count). The van der Waals surface area contributed by atoms with Crippen LogP contribution in [0.25, 0.3) is 17.0 Å². The first-order chi connectivity index (χ1) is 15.1. The Morgan fingerprint density at radius 2 is 2.03 bits per heavy atom. The lowest BCUT2D eigenvalue weighted by Gasteiger charge is -2.28. The predicted molar refractivity (Wildman–Crippen MR) is 119 cm³/mol. The number of aryl methyl sites for hydroxylation is 1. The van der Waals surface area contributed by atoms with Crippen molar-refractivity contribution in [3.8, 4) is 11.4 Å². The molecule has 2 atom stereocenters. The highest BCUT2D eigenvalue weighted by Gasteiger charge is 2.30. The average molecular weight is 446 g/mol. The van der Waals surface area contributed by atoms with Gasteiger partial charge in [-0.1, -0.05) is 37.8 Å². The third-order valence-electron chi connectivity index (χ3n) is 5.96. The molecule has 1 saturated carbocycles. The SMILES string of the molecule is CC[C@H]1CCCC[C@H]1C(=O)OCOCNc1ccc(-c2nn3nc(C)c(Cl)c3[nH]2)cc1. The van der Waals surface area contributed by atoms with Gasteiger partial charge in [0.1, 0.15) is 11.8 Å². The number of rotatable bonds is 8. The topological polar surface area (TPSA) is 93.5 Å². The van der Waals surface area contributed by atoms with E-state index in [1.54, 1.807) is 0 Å². The third kappa shape index (κ3) is 4.85. The predicted octanol–water partition coefficient (Wildman–Crippen LogP) is 4.79. The fourth-order valence-electron chi connectivity index (χ4n) is 4.17. The molecule has 31 heavy (non-hydrogen) atoms. The van der Waals surface area contributed by atoms with Gasteiger partial charge in [0.05, 0.1) is 11.6 Å². The zero-order valence-corrected chi connectivity index (χ0v) is 18.6. The van der Waals surface area contributed by atoms with Gasteiger partial charge in [0.2, 0.25) is 0 Å². The summed E-state index contributed by atoms with van der Waals surface area (Å²) in [5, 5.41) is 12.4. The van der Waals surface area contributed by atoms with E-state index < -0.39 is 0 Å². The summed E-state index contributed by atoms with van der Waals surface area (Å²) in [6.45, 7) is 4.19. The highest BCUT2D eigenvalue weighted by atomic mass is 35.5. The number of carbonyl (C=O) groups is 1. The van der Waals surface area contributed by atoms with Crippen molar-refractivity contribution in [3.63, 3.8) is 0 Å². The van der Waals surface area contributed by atoms with Crippen LogP contribution in [0.3, 0.4) is 0 Å². The molecule has 1 aromatic carbocycles. The maximum Gasteiger partial charge on any atom is 0.311 e. The quantitative estimate of drug-likeness (QED) is 0.294. The molecule has 2 aromatic heterocycles. The van der Waals surface area contributed by atoms with Crippen molar-refractivity contribution >= 4 is 28.9 Å². The molecule has 2 N–H and O–H groups in total. The van der Waals surface area contributed by atoms with Crippen LogP contribution in [0.1, 0.15) is 44.7 Å². The Morgan fingerprint density at radius 1 is 1.26 bits per heavy atom. The minimum Gasteiger partial charge on any atom is -0.438 e. The minimum absolute atomic E-state index is 0.0195. The number of aromatic nitrogens is 4. The molecule has 3 aromatic rings. The van der Waals surface area contributed by atoms with Crippen LogP contribution in [0, 0.1) is 18.8 Å². The van der Waals surface area contributed by atoms with Crippen LogP contribution >= 0.6 is 11.6 Å². The number of benzene rings is 1. The van der Waals surface area contributed by atoms with Crippen LogP contribution < -0.4 is 5.32 Å². The van der Waals surface area contributed by atoms with E-state index in [0.717, 1.165) is 42.6 Å². The summed E-state index contributed by atoms with van der Waals surface area (Å²) in [7, 11) is 0. The fraction of sp³-hybridized carbons (Fsp3) is 0.500. The Balaban J connectivity index is 1.23. The summed E-state index contributed by atoms with van der Waals surface area (Å²) in [4.78, 5) is 15.5. The van der Waals surface area contributed by atoms with Crippen molar-refractivity contribution in [2.45, 2.75) is 46.0 Å². The number of aromatic amines is 1. The van der Waals surface area contributed by atoms with E-state index in [0.29, 0.717) is 22.4 Å². The number of halogens is 1. The van der Waals surface area contributed by atoms with E-state index in [4.69, 9.17) is 21.1 Å². The Morgan fingerprint density at radius 3 is 2.77 bits per heavy atom. The van der Waals surface area contributed by atoms with Gasteiger partial charge in [-0.2, -0.15) is 5.10 Å². The number of anilines is 1. The normalized spacial score (nSPS) is 18.9. The molecule has 0 aliphatic heterocycles. The lowest BCUT2D eigenvalue weighted by atomic mass is 9.78. The van der Waals surface area contributed by atoms with Gasteiger partial charge in [-0.15, -0.1) is 9.73 Å². The van der Waals surface area contributed by atoms with Gasteiger partial charge < -0.3 is 19.8 Å². The Kier molecular flexibility index (Phi) is 6.77. The van der Waals surface area contributed by atoms with Gasteiger partial charge in [-0.3, -0.25) is 4.79 Å². The summed E-state index contributed by atoms with van der Waals surface area (Å²) in [5.41, 5.74) is 3.22. The Bertz CT molecular complexity index is 1030. The van der Waals surface area contributed by atoms with Crippen molar-refractivity contribution < 1.29 is 14.3 Å². The van der Waals surface area contributed by atoms with Crippen LogP contribution in [0.4, 0.5) is 5.69 Å². The van der Waals surface area contributed by atoms with Crippen LogP contribution in [0.2, 0.25) is 5.02 Å². The molecule has 0 bridgehead atoms. The second-order valence-electron chi connectivity index (χ2n) is 7.95. The molecule has 1 aliphatic rings. The molecule has 0 saturated heterocycles. The minimum atomic E-state index is -0.129. The number of nitrogens with one attached hydrogen (secondary N) is 2. The van der Waals surface area contributed by atoms with Crippen LogP contribution in [-0.4, -0.2) is 39.3 Å². The summed E-state index contributed by atoms with van der Waals surface area (Å²) < 4.78 is 12.3. The van der Waals surface area contributed by atoms with E-state index in [2.05, 4.69) is 27.4 Å². The number of nitrogens with zero attached hydrogens (tertiary/aromatic N) is 3. The first-order valence-corrected chi connectivity index (χ1v) is 11.1. The number of esters is 1. The van der Waals surface area contributed by atoms with Crippen LogP contribution in [0.15, 0.2) is 24.3 Å². The molecular formula is C22H28ClN5O3. The average Bonchev–Trinajstić information content (AvgIpc) is 3.32. The van der Waals surface area contributed by atoms with Gasteiger partial charge in [-0.05, 0) is 49.9 Å². The number of hydrogen-bond acceptors (Lipinski definition) is 6. The maximum absolute atomic E-state index is 12.3. The van der Waals surface area contributed by atoms with E-state index in [1.807, 2.05) is 31.2 Å². The molecule has 2 heterocycles. The Hall–Kier alpha value is -2.58. The van der Waals surface area contributed by atoms with Crippen molar-refractivity contribution in [3.05, 3.63) is 35.0 Å². The van der Waals surface area contributed by atoms with Gasteiger partial charge in [0.25, 0.3) is 0 Å². The van der Waals surface area contributed by atoms with Crippen molar-refractivity contribution in [1.29, 1.82) is 0 Å². The monoisotopic (exact) mass is 445 g/mol. The molecule has 9 heteroatoms. The number of fused-ring (bicyclic) bond motifs is 1. The second kappa shape index (κ2) is 9.70. The summed E-state index contributed by atoms with van der Waals surface area (Å²) >= 11 is 6.22. The molecule has 0 unspecified atom stereocenters. The summed E-state index contributed by atoms with van der Waals surface area (Å²) in [5.74, 6) is 1.02. The lowest BCUT2D eigenvalue weighted by molar-refractivity contribution is -0.164. The lowest BCUT2D eigenvalue weighted by Crippen LogP contribution is -2.29. The van der Waals surface area contributed by atoms with Crippen molar-refractivity contribution in [2.75, 3.05) is 18.8 Å². The van der Waals surface area contributed by atoms with E-state index in [1.165, 1.54) is 11.1 Å². The summed E-state index contributed by atoms with van der Waals surface area (Å²) in [6.07, 6.45) is 5.38. The number of carbonyl (C=O) groups excluding carboxylic acids is 1.